The van der Waals surface area contributed by atoms with Crippen molar-refractivity contribution in [2.45, 2.75) is 24.9 Å². The van der Waals surface area contributed by atoms with Gasteiger partial charge in [-0.2, -0.15) is 0 Å². The standard InChI is InChI=1S/C13H17N3O/c17-13(3-5-14-6-4-13)8-10-1-2-11-12(7-10)16-9-15-11/h1-2,7,9,14,17H,3-6,8H2,(H,15,16). The molecular weight excluding hydrogens is 214 g/mol. The average Bonchev–Trinajstić information content (AvgIpc) is 2.76. The molecule has 90 valence electrons. The van der Waals surface area contributed by atoms with Crippen LogP contribution in [0.3, 0.4) is 0 Å². The van der Waals surface area contributed by atoms with Crippen LogP contribution >= 0.6 is 0 Å². The van der Waals surface area contributed by atoms with Crippen molar-refractivity contribution in [2.75, 3.05) is 13.1 Å². The Kier molecular flexibility index (Phi) is 2.61. The minimum atomic E-state index is -0.543. The van der Waals surface area contributed by atoms with Gasteiger partial charge in [0, 0.05) is 6.42 Å². The number of aromatic nitrogens is 2. The van der Waals surface area contributed by atoms with Gasteiger partial charge in [-0.3, -0.25) is 0 Å². The van der Waals surface area contributed by atoms with E-state index in [-0.39, 0.29) is 0 Å². The predicted octanol–water partition coefficient (Wildman–Crippen LogP) is 1.22. The van der Waals surface area contributed by atoms with Crippen molar-refractivity contribution in [3.63, 3.8) is 0 Å². The maximum absolute atomic E-state index is 10.5. The molecule has 4 heteroatoms. The molecule has 0 unspecified atom stereocenters. The van der Waals surface area contributed by atoms with Crippen LogP contribution in [-0.2, 0) is 6.42 Å². The molecule has 0 amide bonds. The number of H-pyrrole nitrogens is 1. The molecule has 0 spiro atoms. The number of nitrogens with zero attached hydrogens (tertiary/aromatic N) is 1. The van der Waals surface area contributed by atoms with Crippen LogP contribution in [0.5, 0.6) is 0 Å². The van der Waals surface area contributed by atoms with E-state index in [1.807, 2.05) is 6.07 Å². The Morgan fingerprint density at radius 2 is 2.12 bits per heavy atom. The van der Waals surface area contributed by atoms with Gasteiger partial charge in [0.05, 0.1) is 23.0 Å². The van der Waals surface area contributed by atoms with Crippen LogP contribution in [0.2, 0.25) is 0 Å². The topological polar surface area (TPSA) is 60.9 Å². The third kappa shape index (κ3) is 2.18. The number of aromatic amines is 1. The largest absolute Gasteiger partial charge is 0.389 e. The zero-order valence-electron chi connectivity index (χ0n) is 9.74. The van der Waals surface area contributed by atoms with E-state index in [4.69, 9.17) is 0 Å². The minimum Gasteiger partial charge on any atom is -0.389 e. The zero-order chi connectivity index (χ0) is 11.7. The Balaban J connectivity index is 1.83. The second-order valence-corrected chi connectivity index (χ2v) is 4.91. The first-order chi connectivity index (χ1) is 8.25. The normalized spacial score (nSPS) is 19.6. The summed E-state index contributed by atoms with van der Waals surface area (Å²) >= 11 is 0. The maximum Gasteiger partial charge on any atom is 0.0931 e. The Morgan fingerprint density at radius 1 is 1.29 bits per heavy atom. The number of rotatable bonds is 2. The second-order valence-electron chi connectivity index (χ2n) is 4.91. The van der Waals surface area contributed by atoms with Gasteiger partial charge >= 0.3 is 0 Å². The summed E-state index contributed by atoms with van der Waals surface area (Å²) in [6.07, 6.45) is 4.08. The fourth-order valence-electron chi connectivity index (χ4n) is 2.54. The van der Waals surface area contributed by atoms with E-state index in [1.165, 1.54) is 5.56 Å². The molecule has 2 heterocycles. The molecule has 1 aromatic carbocycles. The lowest BCUT2D eigenvalue weighted by Gasteiger charge is -2.32. The molecule has 0 aliphatic carbocycles. The number of nitrogens with one attached hydrogen (secondary N) is 2. The Labute approximate surface area is 100 Å². The van der Waals surface area contributed by atoms with Crippen molar-refractivity contribution < 1.29 is 5.11 Å². The lowest BCUT2D eigenvalue weighted by Crippen LogP contribution is -2.43. The smallest absolute Gasteiger partial charge is 0.0931 e. The van der Waals surface area contributed by atoms with E-state index in [0.29, 0.717) is 0 Å². The van der Waals surface area contributed by atoms with Crippen LogP contribution in [0.15, 0.2) is 24.5 Å². The first kappa shape index (κ1) is 10.7. The van der Waals surface area contributed by atoms with Crippen molar-refractivity contribution in [1.82, 2.24) is 15.3 Å². The summed E-state index contributed by atoms with van der Waals surface area (Å²) in [7, 11) is 0. The molecule has 0 saturated carbocycles. The molecule has 1 fully saturated rings. The SMILES string of the molecule is OC1(Cc2ccc3nc[nH]c3c2)CCNCC1. The summed E-state index contributed by atoms with van der Waals surface area (Å²) in [6, 6.07) is 6.15. The molecule has 0 radical (unpaired) electrons. The van der Waals surface area contributed by atoms with Gasteiger partial charge in [0.2, 0.25) is 0 Å². The van der Waals surface area contributed by atoms with Gasteiger partial charge in [0.15, 0.2) is 0 Å². The van der Waals surface area contributed by atoms with Crippen LogP contribution in [-0.4, -0.2) is 33.8 Å². The predicted molar refractivity (Wildman–Crippen MR) is 66.9 cm³/mol. The van der Waals surface area contributed by atoms with Gasteiger partial charge in [-0.15, -0.1) is 0 Å². The van der Waals surface area contributed by atoms with Crippen LogP contribution in [0.25, 0.3) is 11.0 Å². The molecular formula is C13H17N3O. The monoisotopic (exact) mass is 231 g/mol. The highest BCUT2D eigenvalue weighted by Crippen LogP contribution is 2.24. The third-order valence-electron chi connectivity index (χ3n) is 3.55. The summed E-state index contributed by atoms with van der Waals surface area (Å²) in [5.41, 5.74) is 2.65. The lowest BCUT2D eigenvalue weighted by atomic mass is 9.86. The molecule has 4 nitrogen and oxygen atoms in total. The summed E-state index contributed by atoms with van der Waals surface area (Å²) in [5.74, 6) is 0. The number of benzene rings is 1. The average molecular weight is 231 g/mol. The molecule has 0 bridgehead atoms. The van der Waals surface area contributed by atoms with Crippen LogP contribution < -0.4 is 5.32 Å². The second kappa shape index (κ2) is 4.13. The number of piperidine rings is 1. The summed E-state index contributed by atoms with van der Waals surface area (Å²) in [6.45, 7) is 1.81. The molecule has 17 heavy (non-hydrogen) atoms. The number of fused-ring (bicyclic) bond motifs is 1. The Bertz CT molecular complexity index is 514. The number of aliphatic hydroxyl groups is 1. The molecule has 3 N–H and O–H groups in total. The van der Waals surface area contributed by atoms with E-state index in [2.05, 4.69) is 27.4 Å². The highest BCUT2D eigenvalue weighted by atomic mass is 16.3. The number of hydrogen-bond donors (Lipinski definition) is 3. The van der Waals surface area contributed by atoms with Crippen molar-refractivity contribution >= 4 is 11.0 Å². The molecule has 1 aliphatic heterocycles. The maximum atomic E-state index is 10.5. The molecule has 1 aromatic heterocycles. The summed E-state index contributed by atoms with van der Waals surface area (Å²) in [4.78, 5) is 7.30. The molecule has 1 saturated heterocycles. The van der Waals surface area contributed by atoms with Gasteiger partial charge in [-0.1, -0.05) is 6.07 Å². The molecule has 3 rings (SSSR count). The van der Waals surface area contributed by atoms with E-state index in [1.54, 1.807) is 6.33 Å². The minimum absolute atomic E-state index is 0.543. The van der Waals surface area contributed by atoms with Gasteiger partial charge in [-0.25, -0.2) is 4.98 Å². The molecule has 0 atom stereocenters. The summed E-state index contributed by atoms with van der Waals surface area (Å²) in [5, 5.41) is 13.8. The van der Waals surface area contributed by atoms with Crippen LogP contribution in [0.1, 0.15) is 18.4 Å². The van der Waals surface area contributed by atoms with Crippen LogP contribution in [0.4, 0.5) is 0 Å². The van der Waals surface area contributed by atoms with Crippen molar-refractivity contribution in [3.05, 3.63) is 30.1 Å². The first-order valence-electron chi connectivity index (χ1n) is 6.10. The zero-order valence-corrected chi connectivity index (χ0v) is 9.74. The number of imidazole rings is 1. The Morgan fingerprint density at radius 3 is 2.94 bits per heavy atom. The van der Waals surface area contributed by atoms with Crippen molar-refractivity contribution in [1.29, 1.82) is 0 Å². The fraction of sp³-hybridized carbons (Fsp3) is 0.462. The van der Waals surface area contributed by atoms with Gasteiger partial charge in [-0.05, 0) is 43.6 Å². The fourth-order valence-corrected chi connectivity index (χ4v) is 2.54. The van der Waals surface area contributed by atoms with Crippen LogP contribution in [0, 0.1) is 0 Å². The van der Waals surface area contributed by atoms with E-state index in [0.717, 1.165) is 43.4 Å². The Hall–Kier alpha value is -1.39. The van der Waals surface area contributed by atoms with E-state index >= 15 is 0 Å². The van der Waals surface area contributed by atoms with Gasteiger partial charge < -0.3 is 15.4 Å². The van der Waals surface area contributed by atoms with E-state index < -0.39 is 5.60 Å². The van der Waals surface area contributed by atoms with Crippen molar-refractivity contribution in [3.8, 4) is 0 Å². The van der Waals surface area contributed by atoms with E-state index in [9.17, 15) is 5.11 Å². The van der Waals surface area contributed by atoms with Crippen molar-refractivity contribution in [2.24, 2.45) is 0 Å². The highest BCUT2D eigenvalue weighted by molar-refractivity contribution is 5.75. The quantitative estimate of drug-likeness (QED) is 0.728. The highest BCUT2D eigenvalue weighted by Gasteiger charge is 2.29. The third-order valence-corrected chi connectivity index (χ3v) is 3.55. The first-order valence-corrected chi connectivity index (χ1v) is 6.10. The van der Waals surface area contributed by atoms with Gasteiger partial charge in [0.1, 0.15) is 0 Å². The number of hydrogen-bond acceptors (Lipinski definition) is 3. The molecule has 1 aliphatic rings. The lowest BCUT2D eigenvalue weighted by molar-refractivity contribution is 0.0109. The molecule has 2 aromatic rings. The summed E-state index contributed by atoms with van der Waals surface area (Å²) < 4.78 is 0. The van der Waals surface area contributed by atoms with Gasteiger partial charge in [0.25, 0.3) is 0 Å².